The van der Waals surface area contributed by atoms with E-state index in [2.05, 4.69) is 0 Å². The molecular formula is C21H23Cl2NO3. The highest BCUT2D eigenvalue weighted by Gasteiger charge is 2.19. The van der Waals surface area contributed by atoms with E-state index >= 15 is 0 Å². The first-order valence-electron chi connectivity index (χ1n) is 8.85. The van der Waals surface area contributed by atoms with Crippen molar-refractivity contribution in [1.29, 1.82) is 0 Å². The van der Waals surface area contributed by atoms with Crippen LogP contribution < -0.4 is 0 Å². The van der Waals surface area contributed by atoms with Crippen LogP contribution in [0.1, 0.15) is 42.1 Å². The van der Waals surface area contributed by atoms with Crippen molar-refractivity contribution in [3.05, 3.63) is 69.7 Å². The molecule has 1 amide bonds. The largest absolute Gasteiger partial charge is 0.465 e. The van der Waals surface area contributed by atoms with E-state index in [1.165, 1.54) is 6.92 Å². The number of rotatable bonds is 8. The molecule has 0 heterocycles. The molecule has 0 radical (unpaired) electrons. The van der Waals surface area contributed by atoms with Crippen LogP contribution in [0.5, 0.6) is 0 Å². The molecule has 0 saturated heterocycles. The quantitative estimate of drug-likeness (QED) is 0.565. The molecule has 0 saturated carbocycles. The van der Waals surface area contributed by atoms with E-state index < -0.39 is 0 Å². The maximum absolute atomic E-state index is 12.7. The zero-order valence-electron chi connectivity index (χ0n) is 15.5. The van der Waals surface area contributed by atoms with Crippen LogP contribution in [0.4, 0.5) is 0 Å². The van der Waals surface area contributed by atoms with Crippen molar-refractivity contribution in [2.45, 2.75) is 26.2 Å². The van der Waals surface area contributed by atoms with Crippen molar-refractivity contribution in [2.24, 2.45) is 0 Å². The van der Waals surface area contributed by atoms with Gasteiger partial charge in [0.25, 0.3) is 5.91 Å². The van der Waals surface area contributed by atoms with Gasteiger partial charge in [0.2, 0.25) is 0 Å². The summed E-state index contributed by atoms with van der Waals surface area (Å²) in [6.07, 6.45) is 0.637. The van der Waals surface area contributed by atoms with Gasteiger partial charge < -0.3 is 9.64 Å². The Labute approximate surface area is 170 Å². The normalized spacial score (nSPS) is 11.7. The third kappa shape index (κ3) is 6.26. The van der Waals surface area contributed by atoms with E-state index in [1.54, 1.807) is 29.2 Å². The lowest BCUT2D eigenvalue weighted by atomic mass is 9.96. The first-order chi connectivity index (χ1) is 12.9. The fraction of sp³-hybridized carbons (Fsp3) is 0.333. The zero-order chi connectivity index (χ0) is 19.8. The minimum absolute atomic E-state index is 0.0153. The molecule has 144 valence electrons. The lowest BCUT2D eigenvalue weighted by molar-refractivity contribution is -0.141. The second-order valence-corrected chi connectivity index (χ2v) is 7.03. The average molecular weight is 408 g/mol. The van der Waals surface area contributed by atoms with Crippen LogP contribution in [0.25, 0.3) is 0 Å². The number of hydrogen-bond acceptors (Lipinski definition) is 3. The molecule has 0 spiro atoms. The number of nitrogens with zero attached hydrogens (tertiary/aromatic N) is 1. The summed E-state index contributed by atoms with van der Waals surface area (Å²) in [5, 5.41) is 0.927. The van der Waals surface area contributed by atoms with Crippen molar-refractivity contribution in [1.82, 2.24) is 4.90 Å². The monoisotopic (exact) mass is 407 g/mol. The summed E-state index contributed by atoms with van der Waals surface area (Å²) < 4.78 is 5.22. The van der Waals surface area contributed by atoms with Gasteiger partial charge in [-0.1, -0.05) is 47.5 Å². The van der Waals surface area contributed by atoms with Gasteiger partial charge in [-0.2, -0.15) is 0 Å². The Kier molecular flexibility index (Phi) is 8.14. The van der Waals surface area contributed by atoms with E-state index in [4.69, 9.17) is 27.9 Å². The SMILES string of the molecule is CCN(CC[C@H](COC(C)=O)c1ccc(Cl)c(Cl)c1)C(=O)c1ccccc1. The van der Waals surface area contributed by atoms with E-state index in [0.29, 0.717) is 35.1 Å². The summed E-state index contributed by atoms with van der Waals surface area (Å²) in [7, 11) is 0. The lowest BCUT2D eigenvalue weighted by Gasteiger charge is -2.24. The highest BCUT2D eigenvalue weighted by molar-refractivity contribution is 6.42. The molecule has 0 aromatic heterocycles. The van der Waals surface area contributed by atoms with Crippen LogP contribution in [0.2, 0.25) is 10.0 Å². The van der Waals surface area contributed by atoms with Gasteiger partial charge in [0, 0.05) is 31.5 Å². The van der Waals surface area contributed by atoms with E-state index in [1.807, 2.05) is 31.2 Å². The molecule has 0 aliphatic carbocycles. The fourth-order valence-electron chi connectivity index (χ4n) is 2.81. The van der Waals surface area contributed by atoms with Gasteiger partial charge >= 0.3 is 5.97 Å². The van der Waals surface area contributed by atoms with Gasteiger partial charge in [-0.25, -0.2) is 0 Å². The van der Waals surface area contributed by atoms with Crippen molar-refractivity contribution in [2.75, 3.05) is 19.7 Å². The smallest absolute Gasteiger partial charge is 0.302 e. The highest BCUT2D eigenvalue weighted by Crippen LogP contribution is 2.28. The Bertz CT molecular complexity index is 780. The predicted molar refractivity (Wildman–Crippen MR) is 108 cm³/mol. The minimum atomic E-state index is -0.340. The van der Waals surface area contributed by atoms with Gasteiger partial charge in [0.15, 0.2) is 0 Å². The van der Waals surface area contributed by atoms with Crippen LogP contribution in [0.3, 0.4) is 0 Å². The number of hydrogen-bond donors (Lipinski definition) is 0. The number of carbonyl (C=O) groups is 2. The van der Waals surface area contributed by atoms with Crippen LogP contribution in [-0.4, -0.2) is 36.5 Å². The van der Waals surface area contributed by atoms with Crippen molar-refractivity contribution >= 4 is 35.1 Å². The third-order valence-electron chi connectivity index (χ3n) is 4.34. The topological polar surface area (TPSA) is 46.6 Å². The minimum Gasteiger partial charge on any atom is -0.465 e. The maximum atomic E-state index is 12.7. The number of esters is 1. The van der Waals surface area contributed by atoms with Crippen molar-refractivity contribution < 1.29 is 14.3 Å². The molecule has 6 heteroatoms. The van der Waals surface area contributed by atoms with Crippen molar-refractivity contribution in [3.8, 4) is 0 Å². The standard InChI is InChI=1S/C21H23Cl2NO3/c1-3-24(21(26)16-7-5-4-6-8-16)12-11-18(14-27-15(2)25)17-9-10-19(22)20(23)13-17/h4-10,13,18H,3,11-12,14H2,1-2H3/t18-/m1/s1. The van der Waals surface area contributed by atoms with Crippen LogP contribution in [0, 0.1) is 0 Å². The van der Waals surface area contributed by atoms with Gasteiger partial charge in [-0.15, -0.1) is 0 Å². The molecule has 0 fully saturated rings. The second kappa shape index (κ2) is 10.3. The van der Waals surface area contributed by atoms with Crippen LogP contribution >= 0.6 is 23.2 Å². The summed E-state index contributed by atoms with van der Waals surface area (Å²) in [6, 6.07) is 14.6. The summed E-state index contributed by atoms with van der Waals surface area (Å²) >= 11 is 12.1. The first-order valence-corrected chi connectivity index (χ1v) is 9.60. The second-order valence-electron chi connectivity index (χ2n) is 6.21. The molecule has 0 aliphatic heterocycles. The highest BCUT2D eigenvalue weighted by atomic mass is 35.5. The summed E-state index contributed by atoms with van der Waals surface area (Å²) in [5.74, 6) is -0.437. The molecule has 0 N–H and O–H groups in total. The molecule has 27 heavy (non-hydrogen) atoms. The Balaban J connectivity index is 2.12. The molecule has 2 aromatic rings. The Hall–Kier alpha value is -2.04. The van der Waals surface area contributed by atoms with Crippen LogP contribution in [0.15, 0.2) is 48.5 Å². The van der Waals surface area contributed by atoms with Crippen LogP contribution in [-0.2, 0) is 9.53 Å². The van der Waals surface area contributed by atoms with Gasteiger partial charge in [0.1, 0.15) is 0 Å². The number of benzene rings is 2. The number of ether oxygens (including phenoxy) is 1. The zero-order valence-corrected chi connectivity index (χ0v) is 17.0. The van der Waals surface area contributed by atoms with E-state index in [-0.39, 0.29) is 24.4 Å². The van der Waals surface area contributed by atoms with Crippen molar-refractivity contribution in [3.63, 3.8) is 0 Å². The Morgan fingerprint density at radius 2 is 1.78 bits per heavy atom. The molecule has 0 aliphatic rings. The number of halogens is 2. The maximum Gasteiger partial charge on any atom is 0.302 e. The Morgan fingerprint density at radius 1 is 1.07 bits per heavy atom. The lowest BCUT2D eigenvalue weighted by Crippen LogP contribution is -2.33. The van der Waals surface area contributed by atoms with Gasteiger partial charge in [-0.3, -0.25) is 9.59 Å². The fourth-order valence-corrected chi connectivity index (χ4v) is 3.12. The third-order valence-corrected chi connectivity index (χ3v) is 5.08. The number of amides is 1. The van der Waals surface area contributed by atoms with Gasteiger partial charge in [0.05, 0.1) is 16.7 Å². The molecule has 0 bridgehead atoms. The van der Waals surface area contributed by atoms with E-state index in [0.717, 1.165) is 5.56 Å². The summed E-state index contributed by atoms with van der Waals surface area (Å²) in [6.45, 7) is 4.68. The molecular weight excluding hydrogens is 385 g/mol. The molecule has 4 nitrogen and oxygen atoms in total. The summed E-state index contributed by atoms with van der Waals surface area (Å²) in [5.41, 5.74) is 1.58. The molecule has 1 atom stereocenters. The molecule has 0 unspecified atom stereocenters. The average Bonchev–Trinajstić information content (AvgIpc) is 2.67. The predicted octanol–water partition coefficient (Wildman–Crippen LogP) is 5.19. The van der Waals surface area contributed by atoms with E-state index in [9.17, 15) is 9.59 Å². The number of carbonyl (C=O) groups excluding carboxylic acids is 2. The molecule has 2 aromatic carbocycles. The Morgan fingerprint density at radius 3 is 2.37 bits per heavy atom. The summed E-state index contributed by atoms with van der Waals surface area (Å²) in [4.78, 5) is 25.7. The first kappa shape index (κ1) is 21.3. The van der Waals surface area contributed by atoms with Gasteiger partial charge in [-0.05, 0) is 43.2 Å². The molecule has 2 rings (SSSR count).